The molecule has 1 fully saturated rings. The molecular formula is C28H23Cl2N3O2S. The summed E-state index contributed by atoms with van der Waals surface area (Å²) in [5, 5.41) is 12.2. The van der Waals surface area contributed by atoms with Crippen LogP contribution >= 0.6 is 35.0 Å². The maximum Gasteiger partial charge on any atom is 0.229 e. The number of thioether (sulfide) groups is 1. The molecule has 0 N–H and O–H groups in total. The SMILES string of the molecule is Cc1ccc(N2CSC3=C(C#N)C(c4ccc(OCc5ccc(Cl)cc5)cc4)CC(=O)N3C2)cc1Cl. The van der Waals surface area contributed by atoms with Crippen molar-refractivity contribution < 1.29 is 9.53 Å². The second kappa shape index (κ2) is 10.5. The molecule has 2 aliphatic heterocycles. The van der Waals surface area contributed by atoms with Crippen LogP contribution in [0.25, 0.3) is 0 Å². The summed E-state index contributed by atoms with van der Waals surface area (Å²) in [5.74, 6) is 1.09. The van der Waals surface area contributed by atoms with Gasteiger partial charge in [0.25, 0.3) is 0 Å². The Labute approximate surface area is 224 Å². The number of hydrogen-bond acceptors (Lipinski definition) is 5. The molecule has 1 amide bonds. The number of aryl methyl sites for hydroxylation is 1. The normalized spacial score (nSPS) is 17.6. The van der Waals surface area contributed by atoms with Crippen LogP contribution in [0.3, 0.4) is 0 Å². The molecule has 3 aromatic carbocycles. The highest BCUT2D eigenvalue weighted by molar-refractivity contribution is 8.03. The Hall–Kier alpha value is -3.11. The number of carbonyl (C=O) groups is 1. The molecule has 5 nitrogen and oxygen atoms in total. The summed E-state index contributed by atoms with van der Waals surface area (Å²) in [7, 11) is 0. The van der Waals surface area contributed by atoms with Crippen LogP contribution in [-0.2, 0) is 11.4 Å². The summed E-state index contributed by atoms with van der Waals surface area (Å²) in [6, 6.07) is 23.5. The first-order valence-corrected chi connectivity index (χ1v) is 13.2. The largest absolute Gasteiger partial charge is 0.489 e. The number of allylic oxidation sites excluding steroid dienone is 1. The van der Waals surface area contributed by atoms with Gasteiger partial charge in [-0.25, -0.2) is 0 Å². The van der Waals surface area contributed by atoms with E-state index in [1.54, 1.807) is 4.90 Å². The second-order valence-corrected chi connectivity index (χ2v) is 10.6. The molecule has 1 atom stereocenters. The zero-order valence-corrected chi connectivity index (χ0v) is 21.9. The molecule has 182 valence electrons. The molecule has 2 aliphatic rings. The number of hydrogen-bond donors (Lipinski definition) is 0. The lowest BCUT2D eigenvalue weighted by molar-refractivity contribution is -0.129. The van der Waals surface area contributed by atoms with Gasteiger partial charge in [0.2, 0.25) is 5.91 Å². The number of halogens is 2. The Morgan fingerprint density at radius 2 is 1.83 bits per heavy atom. The summed E-state index contributed by atoms with van der Waals surface area (Å²) < 4.78 is 5.89. The molecule has 0 bridgehead atoms. The molecular weight excluding hydrogens is 513 g/mol. The van der Waals surface area contributed by atoms with Gasteiger partial charge in [0.15, 0.2) is 0 Å². The van der Waals surface area contributed by atoms with Crippen LogP contribution in [0.4, 0.5) is 5.69 Å². The van der Waals surface area contributed by atoms with Gasteiger partial charge in [-0.1, -0.05) is 65.3 Å². The van der Waals surface area contributed by atoms with Crippen LogP contribution in [0.1, 0.15) is 29.0 Å². The number of rotatable bonds is 5. The van der Waals surface area contributed by atoms with Gasteiger partial charge >= 0.3 is 0 Å². The molecule has 1 saturated heterocycles. The number of fused-ring (bicyclic) bond motifs is 1. The zero-order valence-electron chi connectivity index (χ0n) is 19.6. The van der Waals surface area contributed by atoms with Crippen LogP contribution in [0.2, 0.25) is 10.0 Å². The molecule has 0 aliphatic carbocycles. The third-order valence-electron chi connectivity index (χ3n) is 6.42. The van der Waals surface area contributed by atoms with Gasteiger partial charge in [-0.15, -0.1) is 0 Å². The van der Waals surface area contributed by atoms with E-state index in [4.69, 9.17) is 27.9 Å². The van der Waals surface area contributed by atoms with Gasteiger partial charge in [-0.2, -0.15) is 5.26 Å². The molecule has 8 heteroatoms. The number of carbonyl (C=O) groups excluding carboxylic acids is 1. The number of amides is 1. The minimum Gasteiger partial charge on any atom is -0.489 e. The fourth-order valence-electron chi connectivity index (χ4n) is 4.33. The second-order valence-electron chi connectivity index (χ2n) is 8.78. The van der Waals surface area contributed by atoms with Crippen molar-refractivity contribution >= 4 is 46.6 Å². The van der Waals surface area contributed by atoms with Crippen molar-refractivity contribution in [3.05, 3.63) is 104 Å². The fourth-order valence-corrected chi connectivity index (χ4v) is 5.80. The predicted octanol–water partition coefficient (Wildman–Crippen LogP) is 7.10. The summed E-state index contributed by atoms with van der Waals surface area (Å²) in [5.41, 5.74) is 4.56. The van der Waals surface area contributed by atoms with Gasteiger partial charge in [-0.05, 0) is 60.0 Å². The molecule has 0 spiro atoms. The average molecular weight is 536 g/mol. The predicted molar refractivity (Wildman–Crippen MR) is 145 cm³/mol. The highest BCUT2D eigenvalue weighted by atomic mass is 35.5. The summed E-state index contributed by atoms with van der Waals surface area (Å²) in [6.07, 6.45) is 0.250. The van der Waals surface area contributed by atoms with E-state index in [2.05, 4.69) is 11.0 Å². The van der Waals surface area contributed by atoms with E-state index in [1.807, 2.05) is 73.7 Å². The van der Waals surface area contributed by atoms with Crippen LogP contribution < -0.4 is 9.64 Å². The smallest absolute Gasteiger partial charge is 0.229 e. The first-order chi connectivity index (χ1) is 17.4. The standard InChI is InChI=1S/C28H23Cl2N3O2S/c1-18-2-9-22(12-26(18)30)32-16-33-27(34)13-24(25(14-31)28(33)36-17-32)20-5-10-23(11-6-20)35-15-19-3-7-21(29)8-4-19/h2-12,24H,13,15-17H2,1H3. The van der Waals surface area contributed by atoms with Crippen molar-refractivity contribution in [3.63, 3.8) is 0 Å². The number of ether oxygens (including phenoxy) is 1. The highest BCUT2D eigenvalue weighted by Crippen LogP contribution is 2.43. The van der Waals surface area contributed by atoms with Crippen molar-refractivity contribution in [2.24, 2.45) is 0 Å². The lowest BCUT2D eigenvalue weighted by Crippen LogP contribution is -2.47. The number of nitrogens with zero attached hydrogens (tertiary/aromatic N) is 3. The molecule has 36 heavy (non-hydrogen) atoms. The maximum atomic E-state index is 13.2. The first kappa shape index (κ1) is 24.6. The third kappa shape index (κ3) is 5.05. The van der Waals surface area contributed by atoms with Crippen molar-refractivity contribution in [1.82, 2.24) is 4.90 Å². The Bertz CT molecular complexity index is 1370. The Morgan fingerprint density at radius 3 is 2.53 bits per heavy atom. The zero-order chi connectivity index (χ0) is 25.2. The van der Waals surface area contributed by atoms with E-state index in [0.717, 1.165) is 33.2 Å². The van der Waals surface area contributed by atoms with Gasteiger partial charge in [0, 0.05) is 28.1 Å². The quantitative estimate of drug-likeness (QED) is 0.348. The van der Waals surface area contributed by atoms with Crippen LogP contribution in [0.5, 0.6) is 5.75 Å². The molecule has 0 aromatic heterocycles. The molecule has 0 saturated carbocycles. The fraction of sp³-hybridized carbons (Fsp3) is 0.214. The van der Waals surface area contributed by atoms with Gasteiger partial charge in [-0.3, -0.25) is 9.69 Å². The lowest BCUT2D eigenvalue weighted by atomic mass is 9.86. The van der Waals surface area contributed by atoms with E-state index in [0.29, 0.717) is 34.8 Å². The number of benzene rings is 3. The number of nitriles is 1. The summed E-state index contributed by atoms with van der Waals surface area (Å²) in [6.45, 7) is 2.79. The van der Waals surface area contributed by atoms with Crippen LogP contribution in [0, 0.1) is 18.3 Å². The molecule has 2 heterocycles. The third-order valence-corrected chi connectivity index (χ3v) is 8.23. The van der Waals surface area contributed by atoms with Crippen molar-refractivity contribution in [2.75, 3.05) is 17.4 Å². The Kier molecular flexibility index (Phi) is 7.15. The molecule has 1 unspecified atom stereocenters. The summed E-state index contributed by atoms with van der Waals surface area (Å²) >= 11 is 13.8. The van der Waals surface area contributed by atoms with Crippen LogP contribution in [0.15, 0.2) is 77.3 Å². The first-order valence-electron chi connectivity index (χ1n) is 11.5. The Balaban J connectivity index is 1.32. The van der Waals surface area contributed by atoms with Crippen LogP contribution in [-0.4, -0.2) is 23.4 Å². The number of anilines is 1. The van der Waals surface area contributed by atoms with Gasteiger partial charge in [0.05, 0.1) is 29.2 Å². The minimum atomic E-state index is -0.271. The molecule has 5 rings (SSSR count). The van der Waals surface area contributed by atoms with E-state index in [1.165, 1.54) is 11.8 Å². The Morgan fingerprint density at radius 1 is 1.08 bits per heavy atom. The van der Waals surface area contributed by atoms with E-state index in [-0.39, 0.29) is 18.2 Å². The summed E-state index contributed by atoms with van der Waals surface area (Å²) in [4.78, 5) is 17.0. The molecule has 3 aromatic rings. The average Bonchev–Trinajstić information content (AvgIpc) is 2.90. The van der Waals surface area contributed by atoms with E-state index < -0.39 is 0 Å². The highest BCUT2D eigenvalue weighted by Gasteiger charge is 2.38. The van der Waals surface area contributed by atoms with Crippen molar-refractivity contribution in [1.29, 1.82) is 5.26 Å². The van der Waals surface area contributed by atoms with Crippen molar-refractivity contribution in [3.8, 4) is 11.8 Å². The minimum absolute atomic E-state index is 0.00692. The van der Waals surface area contributed by atoms with E-state index >= 15 is 0 Å². The van der Waals surface area contributed by atoms with Gasteiger partial charge < -0.3 is 9.64 Å². The lowest BCUT2D eigenvalue weighted by Gasteiger charge is -2.42. The van der Waals surface area contributed by atoms with Gasteiger partial charge in [0.1, 0.15) is 12.4 Å². The van der Waals surface area contributed by atoms with Crippen molar-refractivity contribution in [2.45, 2.75) is 25.9 Å². The maximum absolute atomic E-state index is 13.2. The van der Waals surface area contributed by atoms with E-state index in [9.17, 15) is 10.1 Å². The topological polar surface area (TPSA) is 56.6 Å². The molecule has 0 radical (unpaired) electrons. The monoisotopic (exact) mass is 535 g/mol.